The van der Waals surface area contributed by atoms with Gasteiger partial charge in [-0.15, -0.1) is 0 Å². The molecule has 1 unspecified atom stereocenters. The highest BCUT2D eigenvalue weighted by Gasteiger charge is 2.33. The van der Waals surface area contributed by atoms with Crippen molar-refractivity contribution in [3.05, 3.63) is 64.7 Å². The second-order valence-electron chi connectivity index (χ2n) is 4.85. The summed E-state index contributed by atoms with van der Waals surface area (Å²) in [6.45, 7) is 3.16. The molecule has 0 heterocycles. The van der Waals surface area contributed by atoms with Crippen LogP contribution in [-0.2, 0) is 5.60 Å². The Morgan fingerprint density at radius 3 is 2.50 bits per heavy atom. The lowest BCUT2D eigenvalue weighted by molar-refractivity contribution is 0.0934. The first-order valence-electron chi connectivity index (χ1n) is 6.20. The molecule has 0 saturated heterocycles. The van der Waals surface area contributed by atoms with Crippen molar-refractivity contribution in [2.24, 2.45) is 0 Å². The fourth-order valence-electron chi connectivity index (χ4n) is 2.40. The van der Waals surface area contributed by atoms with Crippen LogP contribution in [0.4, 0.5) is 8.78 Å². The number of benzene rings is 2. The van der Waals surface area contributed by atoms with Gasteiger partial charge in [0.1, 0.15) is 23.0 Å². The summed E-state index contributed by atoms with van der Waals surface area (Å²) in [7, 11) is 1.40. The van der Waals surface area contributed by atoms with Crippen molar-refractivity contribution in [2.45, 2.75) is 19.4 Å². The summed E-state index contributed by atoms with van der Waals surface area (Å²) >= 11 is 0. The molecule has 4 heteroatoms. The number of ether oxygens (including phenoxy) is 1. The van der Waals surface area contributed by atoms with Crippen molar-refractivity contribution in [2.75, 3.05) is 7.11 Å². The van der Waals surface area contributed by atoms with Crippen LogP contribution in [0.3, 0.4) is 0 Å². The average Bonchev–Trinajstić information content (AvgIpc) is 2.40. The van der Waals surface area contributed by atoms with Gasteiger partial charge in [0.05, 0.1) is 12.7 Å². The van der Waals surface area contributed by atoms with Gasteiger partial charge in [0.15, 0.2) is 0 Å². The van der Waals surface area contributed by atoms with E-state index in [2.05, 4.69) is 0 Å². The van der Waals surface area contributed by atoms with Gasteiger partial charge in [-0.2, -0.15) is 0 Å². The van der Waals surface area contributed by atoms with E-state index in [0.717, 1.165) is 0 Å². The number of rotatable bonds is 3. The average molecular weight is 278 g/mol. The maximum atomic E-state index is 14.1. The van der Waals surface area contributed by atoms with Gasteiger partial charge in [0.25, 0.3) is 0 Å². The molecule has 0 aliphatic heterocycles. The van der Waals surface area contributed by atoms with E-state index in [1.165, 1.54) is 38.3 Å². The van der Waals surface area contributed by atoms with Gasteiger partial charge < -0.3 is 9.84 Å². The molecule has 106 valence electrons. The molecule has 1 N–H and O–H groups in total. The maximum absolute atomic E-state index is 14.1. The molecule has 2 rings (SSSR count). The molecule has 0 fully saturated rings. The van der Waals surface area contributed by atoms with Crippen molar-refractivity contribution in [3.8, 4) is 5.75 Å². The van der Waals surface area contributed by atoms with Crippen LogP contribution in [0, 0.1) is 18.6 Å². The minimum atomic E-state index is -1.69. The molecule has 0 saturated carbocycles. The van der Waals surface area contributed by atoms with Crippen molar-refractivity contribution in [1.82, 2.24) is 0 Å². The molecule has 2 nitrogen and oxygen atoms in total. The highest BCUT2D eigenvalue weighted by molar-refractivity contribution is 5.47. The summed E-state index contributed by atoms with van der Waals surface area (Å²) in [5.74, 6) is -0.863. The zero-order chi connectivity index (χ0) is 14.9. The number of halogens is 2. The van der Waals surface area contributed by atoms with Gasteiger partial charge in [-0.05, 0) is 49.2 Å². The van der Waals surface area contributed by atoms with Crippen LogP contribution < -0.4 is 4.74 Å². The lowest BCUT2D eigenvalue weighted by Crippen LogP contribution is -2.26. The number of methoxy groups -OCH3 is 1. The highest BCUT2D eigenvalue weighted by Crippen LogP contribution is 2.38. The Bertz CT molecular complexity index is 636. The van der Waals surface area contributed by atoms with Crippen LogP contribution >= 0.6 is 0 Å². The smallest absolute Gasteiger partial charge is 0.133 e. The van der Waals surface area contributed by atoms with Crippen molar-refractivity contribution < 1.29 is 18.6 Å². The first kappa shape index (κ1) is 14.5. The predicted octanol–water partition coefficient (Wildman–Crippen LogP) is 3.54. The first-order chi connectivity index (χ1) is 9.37. The normalized spacial score (nSPS) is 13.9. The number of hydrogen-bond acceptors (Lipinski definition) is 2. The lowest BCUT2D eigenvalue weighted by atomic mass is 9.84. The van der Waals surface area contributed by atoms with Crippen molar-refractivity contribution in [3.63, 3.8) is 0 Å². The SMILES string of the molecule is COc1cccc(F)c1C(C)(O)c1cc(F)ccc1C. The van der Waals surface area contributed by atoms with Crippen molar-refractivity contribution in [1.29, 1.82) is 0 Å². The van der Waals surface area contributed by atoms with Gasteiger partial charge >= 0.3 is 0 Å². The third-order valence-corrected chi connectivity index (χ3v) is 3.41. The number of hydrogen-bond donors (Lipinski definition) is 1. The quantitative estimate of drug-likeness (QED) is 0.930. The summed E-state index contributed by atoms with van der Waals surface area (Å²) in [5, 5.41) is 10.8. The number of aryl methyl sites for hydroxylation is 1. The van der Waals surface area contributed by atoms with Crippen molar-refractivity contribution >= 4 is 0 Å². The van der Waals surface area contributed by atoms with E-state index in [-0.39, 0.29) is 11.3 Å². The molecule has 1 atom stereocenters. The van der Waals surface area contributed by atoms with Crippen LogP contribution in [0.5, 0.6) is 5.75 Å². The predicted molar refractivity (Wildman–Crippen MR) is 72.8 cm³/mol. The molecule has 2 aromatic rings. The molecular weight excluding hydrogens is 262 g/mol. The highest BCUT2D eigenvalue weighted by atomic mass is 19.1. The summed E-state index contributed by atoms with van der Waals surface area (Å²) in [4.78, 5) is 0. The van der Waals surface area contributed by atoms with E-state index >= 15 is 0 Å². The summed E-state index contributed by atoms with van der Waals surface area (Å²) in [6, 6.07) is 8.34. The zero-order valence-electron chi connectivity index (χ0n) is 11.6. The van der Waals surface area contributed by atoms with Gasteiger partial charge in [0.2, 0.25) is 0 Å². The van der Waals surface area contributed by atoms with E-state index in [0.29, 0.717) is 11.1 Å². The topological polar surface area (TPSA) is 29.5 Å². The largest absolute Gasteiger partial charge is 0.496 e. The zero-order valence-corrected chi connectivity index (χ0v) is 11.6. The van der Waals surface area contributed by atoms with Crippen LogP contribution in [0.2, 0.25) is 0 Å². The Morgan fingerprint density at radius 1 is 1.15 bits per heavy atom. The van der Waals surface area contributed by atoms with E-state index in [4.69, 9.17) is 4.74 Å². The fourth-order valence-corrected chi connectivity index (χ4v) is 2.40. The first-order valence-corrected chi connectivity index (χ1v) is 6.20. The molecule has 0 amide bonds. The Morgan fingerprint density at radius 2 is 1.85 bits per heavy atom. The standard InChI is InChI=1S/C16H16F2O2/c1-10-7-8-11(17)9-12(10)16(2,19)15-13(18)5-4-6-14(15)20-3/h4-9,19H,1-3H3. The molecule has 0 bridgehead atoms. The Hall–Kier alpha value is -1.94. The molecular formula is C16H16F2O2. The van der Waals surface area contributed by atoms with Crippen LogP contribution in [0.15, 0.2) is 36.4 Å². The van der Waals surface area contributed by atoms with E-state index in [9.17, 15) is 13.9 Å². The molecule has 0 aliphatic carbocycles. The maximum Gasteiger partial charge on any atom is 0.133 e. The lowest BCUT2D eigenvalue weighted by Gasteiger charge is -2.28. The fraction of sp³-hybridized carbons (Fsp3) is 0.250. The van der Waals surface area contributed by atoms with Gasteiger partial charge in [-0.1, -0.05) is 12.1 Å². The Labute approximate surface area is 116 Å². The minimum absolute atomic E-state index is 0.00352. The second kappa shape index (κ2) is 5.21. The van der Waals surface area contributed by atoms with Crippen LogP contribution in [-0.4, -0.2) is 12.2 Å². The van der Waals surface area contributed by atoms with E-state index in [1.54, 1.807) is 19.1 Å². The van der Waals surface area contributed by atoms with Gasteiger partial charge in [-0.3, -0.25) is 0 Å². The molecule has 20 heavy (non-hydrogen) atoms. The van der Waals surface area contributed by atoms with E-state index in [1.807, 2.05) is 0 Å². The minimum Gasteiger partial charge on any atom is -0.496 e. The third kappa shape index (κ3) is 2.39. The molecule has 0 aliphatic rings. The monoisotopic (exact) mass is 278 g/mol. The molecule has 0 aromatic heterocycles. The molecule has 2 aromatic carbocycles. The Kier molecular flexibility index (Phi) is 3.77. The molecule has 0 radical (unpaired) electrons. The summed E-state index contributed by atoms with van der Waals surface area (Å²) in [6.07, 6.45) is 0. The molecule has 0 spiro atoms. The van der Waals surface area contributed by atoms with E-state index < -0.39 is 17.2 Å². The van der Waals surface area contributed by atoms with Crippen LogP contribution in [0.25, 0.3) is 0 Å². The summed E-state index contributed by atoms with van der Waals surface area (Å²) in [5.41, 5.74) is -0.720. The third-order valence-electron chi connectivity index (χ3n) is 3.41. The van der Waals surface area contributed by atoms with Crippen LogP contribution in [0.1, 0.15) is 23.6 Å². The van der Waals surface area contributed by atoms with Gasteiger partial charge in [0, 0.05) is 0 Å². The second-order valence-corrected chi connectivity index (χ2v) is 4.85. The number of aliphatic hydroxyl groups is 1. The van der Waals surface area contributed by atoms with Gasteiger partial charge in [-0.25, -0.2) is 8.78 Å². The summed E-state index contributed by atoms with van der Waals surface area (Å²) < 4.78 is 32.7. The Balaban J connectivity index is 2.69.